The van der Waals surface area contributed by atoms with E-state index in [4.69, 9.17) is 5.26 Å². The van der Waals surface area contributed by atoms with Crippen LogP contribution < -0.4 is 5.32 Å². The Morgan fingerprint density at radius 1 is 1.24 bits per heavy atom. The Labute approximate surface area is 168 Å². The molecular weight excluding hydrogens is 366 g/mol. The number of piperidine rings is 1. The number of fused-ring (bicyclic) bond motifs is 1. The maximum absolute atomic E-state index is 12.8. The summed E-state index contributed by atoms with van der Waals surface area (Å²) in [6.07, 6.45) is 1.86. The minimum atomic E-state index is -0.0726. The number of aromatic nitrogens is 2. The molecule has 0 spiro atoms. The summed E-state index contributed by atoms with van der Waals surface area (Å²) in [5.74, 6) is 0.253. The molecule has 0 saturated carbocycles. The predicted molar refractivity (Wildman–Crippen MR) is 110 cm³/mol. The Balaban J connectivity index is 1.71. The summed E-state index contributed by atoms with van der Waals surface area (Å²) in [6.45, 7) is 1.74. The lowest BCUT2D eigenvalue weighted by Crippen LogP contribution is -2.38. The number of nitrogens with one attached hydrogen (secondary N) is 1. The normalized spacial score (nSPS) is 17.0. The van der Waals surface area contributed by atoms with Crippen LogP contribution in [0.5, 0.6) is 5.75 Å². The van der Waals surface area contributed by atoms with Crippen LogP contribution in [0, 0.1) is 17.2 Å². The van der Waals surface area contributed by atoms with E-state index in [2.05, 4.69) is 20.4 Å². The maximum atomic E-state index is 12.8. The van der Waals surface area contributed by atoms with Crippen molar-refractivity contribution in [3.8, 4) is 23.1 Å². The third-order valence-electron chi connectivity index (χ3n) is 5.31. The van der Waals surface area contributed by atoms with Gasteiger partial charge in [0.25, 0.3) is 0 Å². The van der Waals surface area contributed by atoms with Gasteiger partial charge in [0.2, 0.25) is 5.91 Å². The van der Waals surface area contributed by atoms with E-state index in [-0.39, 0.29) is 17.6 Å². The van der Waals surface area contributed by atoms with Gasteiger partial charge in [-0.25, -0.2) is 0 Å². The molecule has 4 rings (SSSR count). The van der Waals surface area contributed by atoms with E-state index in [1.807, 2.05) is 37.4 Å². The second kappa shape index (κ2) is 7.86. The van der Waals surface area contributed by atoms with Crippen molar-refractivity contribution in [1.29, 1.82) is 5.26 Å². The zero-order chi connectivity index (χ0) is 20.4. The Morgan fingerprint density at radius 3 is 2.76 bits per heavy atom. The third kappa shape index (κ3) is 3.75. The van der Waals surface area contributed by atoms with Crippen LogP contribution in [0.1, 0.15) is 18.4 Å². The average Bonchev–Trinajstić information content (AvgIpc) is 2.74. The molecule has 1 aliphatic heterocycles. The lowest BCUT2D eigenvalue weighted by Gasteiger charge is -2.28. The smallest absolute Gasteiger partial charge is 0.229 e. The molecule has 3 aromatic rings. The van der Waals surface area contributed by atoms with Crippen molar-refractivity contribution in [3.05, 3.63) is 48.0 Å². The number of amides is 1. The number of rotatable bonds is 3. The van der Waals surface area contributed by atoms with E-state index in [1.54, 1.807) is 12.1 Å². The van der Waals surface area contributed by atoms with Gasteiger partial charge in [0, 0.05) is 22.9 Å². The number of benzene rings is 2. The van der Waals surface area contributed by atoms with Crippen molar-refractivity contribution >= 4 is 22.5 Å². The molecule has 0 bridgehead atoms. The fraction of sp³-hybridized carbons (Fsp3) is 0.273. The summed E-state index contributed by atoms with van der Waals surface area (Å²) in [6, 6.07) is 14.2. The Bertz CT molecular complexity index is 1120. The lowest BCUT2D eigenvalue weighted by atomic mass is 9.97. The molecule has 1 saturated heterocycles. The molecule has 1 aromatic heterocycles. The van der Waals surface area contributed by atoms with Crippen LogP contribution in [0.25, 0.3) is 22.0 Å². The number of hydrogen-bond acceptors (Lipinski definition) is 6. The fourth-order valence-corrected chi connectivity index (χ4v) is 3.80. The number of likely N-dealkylation sites (tertiary alicyclic amines) is 1. The molecular formula is C22H21N5O2. The van der Waals surface area contributed by atoms with Crippen LogP contribution in [0.4, 0.5) is 5.82 Å². The number of nitriles is 1. The molecule has 1 aliphatic rings. The van der Waals surface area contributed by atoms with Gasteiger partial charge >= 0.3 is 0 Å². The van der Waals surface area contributed by atoms with Crippen molar-refractivity contribution in [3.63, 3.8) is 0 Å². The predicted octanol–water partition coefficient (Wildman–Crippen LogP) is 3.15. The van der Waals surface area contributed by atoms with Gasteiger partial charge in [-0.05, 0) is 44.6 Å². The van der Waals surface area contributed by atoms with Gasteiger partial charge < -0.3 is 15.3 Å². The summed E-state index contributed by atoms with van der Waals surface area (Å²) < 4.78 is 0. The first-order valence-electron chi connectivity index (χ1n) is 9.55. The summed E-state index contributed by atoms with van der Waals surface area (Å²) >= 11 is 0. The molecule has 1 unspecified atom stereocenters. The van der Waals surface area contributed by atoms with E-state index >= 15 is 0 Å². The lowest BCUT2D eigenvalue weighted by molar-refractivity contribution is -0.121. The van der Waals surface area contributed by atoms with Gasteiger partial charge in [-0.2, -0.15) is 5.26 Å². The Hall–Kier alpha value is -3.50. The molecule has 2 aromatic carbocycles. The van der Waals surface area contributed by atoms with Crippen LogP contribution >= 0.6 is 0 Å². The molecule has 2 heterocycles. The Kier molecular flexibility index (Phi) is 5.10. The van der Waals surface area contributed by atoms with Crippen molar-refractivity contribution in [2.24, 2.45) is 5.92 Å². The van der Waals surface area contributed by atoms with E-state index in [1.165, 1.54) is 6.07 Å². The molecule has 1 amide bonds. The minimum Gasteiger partial charge on any atom is -0.507 e. The Morgan fingerprint density at radius 2 is 2.03 bits per heavy atom. The molecule has 7 heteroatoms. The highest BCUT2D eigenvalue weighted by Crippen LogP contribution is 2.35. The first kappa shape index (κ1) is 18.8. The summed E-state index contributed by atoms with van der Waals surface area (Å²) in [7, 11) is 2.02. The minimum absolute atomic E-state index is 0.0365. The van der Waals surface area contributed by atoms with E-state index in [0.717, 1.165) is 36.7 Å². The second-order valence-corrected chi connectivity index (χ2v) is 7.38. The fourth-order valence-electron chi connectivity index (χ4n) is 3.80. The molecule has 146 valence electrons. The topological polar surface area (TPSA) is 102 Å². The van der Waals surface area contributed by atoms with Crippen LogP contribution in [0.2, 0.25) is 0 Å². The number of carbonyl (C=O) groups is 1. The van der Waals surface area contributed by atoms with Gasteiger partial charge in [-0.1, -0.05) is 24.3 Å². The maximum Gasteiger partial charge on any atom is 0.229 e. The summed E-state index contributed by atoms with van der Waals surface area (Å²) in [5.41, 5.74) is 1.35. The number of aromatic hydroxyl groups is 1. The number of carbonyl (C=O) groups excluding carboxylic acids is 1. The van der Waals surface area contributed by atoms with Crippen molar-refractivity contribution in [2.75, 3.05) is 25.5 Å². The van der Waals surface area contributed by atoms with Crippen LogP contribution in [-0.4, -0.2) is 46.2 Å². The SMILES string of the molecule is CN1CCCC(C(=O)Nc2nnc(-c3ccc(C#N)cc3O)c3ccccc23)C1. The van der Waals surface area contributed by atoms with Crippen molar-refractivity contribution in [1.82, 2.24) is 15.1 Å². The molecule has 1 atom stereocenters. The largest absolute Gasteiger partial charge is 0.507 e. The van der Waals surface area contributed by atoms with Crippen LogP contribution in [0.15, 0.2) is 42.5 Å². The quantitative estimate of drug-likeness (QED) is 0.716. The van der Waals surface area contributed by atoms with Gasteiger partial charge in [0.15, 0.2) is 5.82 Å². The van der Waals surface area contributed by atoms with Crippen molar-refractivity contribution in [2.45, 2.75) is 12.8 Å². The van der Waals surface area contributed by atoms with Gasteiger partial charge in [-0.3, -0.25) is 4.79 Å². The zero-order valence-corrected chi connectivity index (χ0v) is 16.1. The van der Waals surface area contributed by atoms with E-state index in [9.17, 15) is 9.90 Å². The molecule has 0 radical (unpaired) electrons. The molecule has 0 aliphatic carbocycles. The molecule has 7 nitrogen and oxygen atoms in total. The molecule has 2 N–H and O–H groups in total. The number of phenols is 1. The highest BCUT2D eigenvalue weighted by Gasteiger charge is 2.25. The van der Waals surface area contributed by atoms with Crippen LogP contribution in [-0.2, 0) is 4.79 Å². The number of hydrogen-bond donors (Lipinski definition) is 2. The second-order valence-electron chi connectivity index (χ2n) is 7.38. The van der Waals surface area contributed by atoms with Gasteiger partial charge in [0.05, 0.1) is 17.6 Å². The number of nitrogens with zero attached hydrogens (tertiary/aromatic N) is 4. The van der Waals surface area contributed by atoms with Crippen LogP contribution in [0.3, 0.4) is 0 Å². The zero-order valence-electron chi connectivity index (χ0n) is 16.1. The van der Waals surface area contributed by atoms with Crippen molar-refractivity contribution < 1.29 is 9.90 Å². The van der Waals surface area contributed by atoms with E-state index in [0.29, 0.717) is 22.6 Å². The first-order chi connectivity index (χ1) is 14.1. The number of anilines is 1. The van der Waals surface area contributed by atoms with E-state index < -0.39 is 0 Å². The van der Waals surface area contributed by atoms with Gasteiger partial charge in [0.1, 0.15) is 11.4 Å². The molecule has 1 fully saturated rings. The van der Waals surface area contributed by atoms with Gasteiger partial charge in [-0.15, -0.1) is 10.2 Å². The summed E-state index contributed by atoms with van der Waals surface area (Å²) in [4.78, 5) is 14.9. The monoisotopic (exact) mass is 387 g/mol. The average molecular weight is 387 g/mol. The standard InChI is InChI=1S/C22H21N5O2/c1-27-10-4-5-15(13-27)22(29)24-21-17-7-3-2-6-16(17)20(25-26-21)18-9-8-14(12-23)11-19(18)28/h2-3,6-9,11,15,28H,4-5,10,13H2,1H3,(H,24,26,29). The first-order valence-corrected chi connectivity index (χ1v) is 9.55. The highest BCUT2D eigenvalue weighted by molar-refractivity contribution is 6.05. The summed E-state index contributed by atoms with van der Waals surface area (Å²) in [5, 5.41) is 32.3. The highest BCUT2D eigenvalue weighted by atomic mass is 16.3. The third-order valence-corrected chi connectivity index (χ3v) is 5.31. The number of phenolic OH excluding ortho intramolecular Hbond substituents is 1. The molecule has 29 heavy (non-hydrogen) atoms.